The second-order valence-electron chi connectivity index (χ2n) is 3.04. The zero-order valence-corrected chi connectivity index (χ0v) is 7.16. The third-order valence-electron chi connectivity index (χ3n) is 2.19. The maximum absolute atomic E-state index is 10.7. The highest BCUT2D eigenvalue weighted by Gasteiger charge is 2.43. The molecular formula is C9H8ClNO. The molecule has 0 aromatic carbocycles. The Hall–Kier alpha value is -0.890. The Balaban J connectivity index is 2.11. The Kier molecular flexibility index (Phi) is 1.85. The quantitative estimate of drug-likeness (QED) is 0.653. The van der Waals surface area contributed by atoms with Gasteiger partial charge in [-0.25, -0.2) is 0 Å². The summed E-state index contributed by atoms with van der Waals surface area (Å²) < 4.78 is 0. The zero-order valence-electron chi connectivity index (χ0n) is 6.40. The first-order chi connectivity index (χ1) is 5.79. The highest BCUT2D eigenvalue weighted by atomic mass is 35.5. The fourth-order valence-corrected chi connectivity index (χ4v) is 1.65. The van der Waals surface area contributed by atoms with Gasteiger partial charge >= 0.3 is 0 Å². The van der Waals surface area contributed by atoms with E-state index >= 15 is 0 Å². The number of pyridine rings is 1. The minimum atomic E-state index is -0.219. The first-order valence-corrected chi connectivity index (χ1v) is 4.26. The van der Waals surface area contributed by atoms with E-state index in [2.05, 4.69) is 4.98 Å². The van der Waals surface area contributed by atoms with Gasteiger partial charge in [0, 0.05) is 18.3 Å². The van der Waals surface area contributed by atoms with E-state index < -0.39 is 0 Å². The van der Waals surface area contributed by atoms with Crippen LogP contribution in [0.25, 0.3) is 0 Å². The molecule has 1 aromatic heterocycles. The largest absolute Gasteiger partial charge is 0.281 e. The summed E-state index contributed by atoms with van der Waals surface area (Å²) in [7, 11) is 0. The third-order valence-corrected chi connectivity index (χ3v) is 2.47. The maximum atomic E-state index is 10.7. The zero-order chi connectivity index (χ0) is 8.55. The number of aromatic nitrogens is 1. The number of hydrogen-bond acceptors (Lipinski definition) is 2. The van der Waals surface area contributed by atoms with Crippen molar-refractivity contribution in [3.8, 4) is 0 Å². The highest BCUT2D eigenvalue weighted by molar-refractivity contribution is 6.64. The van der Waals surface area contributed by atoms with Crippen molar-refractivity contribution in [1.29, 1.82) is 0 Å². The van der Waals surface area contributed by atoms with Crippen LogP contribution in [-0.4, -0.2) is 10.2 Å². The van der Waals surface area contributed by atoms with Crippen LogP contribution in [0.1, 0.15) is 17.9 Å². The van der Waals surface area contributed by atoms with Gasteiger partial charge in [0.25, 0.3) is 0 Å². The van der Waals surface area contributed by atoms with Gasteiger partial charge in [-0.05, 0) is 35.6 Å². The van der Waals surface area contributed by atoms with Gasteiger partial charge in [-0.15, -0.1) is 0 Å². The molecule has 1 fully saturated rings. The molecule has 0 bridgehead atoms. The van der Waals surface area contributed by atoms with Crippen molar-refractivity contribution in [2.45, 2.75) is 12.3 Å². The molecule has 2 rings (SSSR count). The molecule has 2 nitrogen and oxygen atoms in total. The van der Waals surface area contributed by atoms with E-state index in [0.717, 1.165) is 12.0 Å². The van der Waals surface area contributed by atoms with Crippen molar-refractivity contribution in [3.05, 3.63) is 30.1 Å². The Labute approximate surface area is 75.6 Å². The van der Waals surface area contributed by atoms with Gasteiger partial charge in [-0.2, -0.15) is 0 Å². The normalized spacial score (nSPS) is 26.8. The van der Waals surface area contributed by atoms with Gasteiger partial charge < -0.3 is 0 Å². The van der Waals surface area contributed by atoms with Crippen LogP contribution in [-0.2, 0) is 4.79 Å². The van der Waals surface area contributed by atoms with Gasteiger partial charge in [0.1, 0.15) is 0 Å². The molecule has 0 radical (unpaired) electrons. The summed E-state index contributed by atoms with van der Waals surface area (Å²) >= 11 is 5.36. The Morgan fingerprint density at radius 2 is 2.50 bits per heavy atom. The second kappa shape index (κ2) is 2.87. The van der Waals surface area contributed by atoms with E-state index in [4.69, 9.17) is 11.6 Å². The lowest BCUT2D eigenvalue weighted by atomic mass is 10.1. The molecule has 12 heavy (non-hydrogen) atoms. The van der Waals surface area contributed by atoms with Crippen molar-refractivity contribution in [3.63, 3.8) is 0 Å². The van der Waals surface area contributed by atoms with Crippen LogP contribution in [0, 0.1) is 5.92 Å². The van der Waals surface area contributed by atoms with Gasteiger partial charge in [-0.3, -0.25) is 9.78 Å². The summed E-state index contributed by atoms with van der Waals surface area (Å²) in [6.45, 7) is 0. The van der Waals surface area contributed by atoms with Crippen LogP contribution < -0.4 is 0 Å². The van der Waals surface area contributed by atoms with Gasteiger partial charge in [-0.1, -0.05) is 6.07 Å². The summed E-state index contributed by atoms with van der Waals surface area (Å²) in [5, 5.41) is -0.219. The van der Waals surface area contributed by atoms with Crippen molar-refractivity contribution in [2.75, 3.05) is 0 Å². The smallest absolute Gasteiger partial charge is 0.225 e. The Morgan fingerprint density at radius 1 is 1.67 bits per heavy atom. The number of carbonyl (C=O) groups excluding carboxylic acids is 1. The van der Waals surface area contributed by atoms with Crippen molar-refractivity contribution in [1.82, 2.24) is 4.98 Å². The molecule has 1 saturated carbocycles. The fraction of sp³-hybridized carbons (Fsp3) is 0.333. The molecule has 62 valence electrons. The predicted molar refractivity (Wildman–Crippen MR) is 45.9 cm³/mol. The van der Waals surface area contributed by atoms with Gasteiger partial charge in [0.2, 0.25) is 5.24 Å². The Bertz CT molecular complexity index is 299. The second-order valence-corrected chi connectivity index (χ2v) is 3.41. The number of rotatable bonds is 2. The van der Waals surface area contributed by atoms with E-state index in [1.54, 1.807) is 12.4 Å². The topological polar surface area (TPSA) is 30.0 Å². The summed E-state index contributed by atoms with van der Waals surface area (Å²) in [5.41, 5.74) is 1.12. The molecule has 1 aromatic rings. The van der Waals surface area contributed by atoms with E-state index in [1.807, 2.05) is 12.1 Å². The minimum Gasteiger partial charge on any atom is -0.281 e. The van der Waals surface area contributed by atoms with Gasteiger partial charge in [0.05, 0.1) is 0 Å². The van der Waals surface area contributed by atoms with Crippen LogP contribution in [0.3, 0.4) is 0 Å². The van der Waals surface area contributed by atoms with Crippen molar-refractivity contribution < 1.29 is 4.79 Å². The fourth-order valence-electron chi connectivity index (χ4n) is 1.41. The van der Waals surface area contributed by atoms with Crippen LogP contribution in [0.4, 0.5) is 0 Å². The summed E-state index contributed by atoms with van der Waals surface area (Å²) in [6.07, 6.45) is 4.40. The third kappa shape index (κ3) is 1.34. The minimum absolute atomic E-state index is 0.0378. The monoisotopic (exact) mass is 181 g/mol. The summed E-state index contributed by atoms with van der Waals surface area (Å²) in [4.78, 5) is 14.7. The van der Waals surface area contributed by atoms with E-state index in [1.165, 1.54) is 0 Å². The average molecular weight is 182 g/mol. The summed E-state index contributed by atoms with van der Waals surface area (Å²) in [6, 6.07) is 3.86. The predicted octanol–water partition coefficient (Wildman–Crippen LogP) is 1.95. The lowest BCUT2D eigenvalue weighted by Gasteiger charge is -1.94. The first-order valence-electron chi connectivity index (χ1n) is 3.88. The molecule has 0 aliphatic heterocycles. The molecule has 1 aliphatic carbocycles. The van der Waals surface area contributed by atoms with E-state index in [9.17, 15) is 4.79 Å². The molecule has 2 atom stereocenters. The molecule has 0 spiro atoms. The number of carbonyl (C=O) groups is 1. The molecule has 1 aliphatic rings. The number of hydrogen-bond donors (Lipinski definition) is 0. The Morgan fingerprint density at radius 3 is 3.00 bits per heavy atom. The van der Waals surface area contributed by atoms with Crippen LogP contribution in [0.5, 0.6) is 0 Å². The summed E-state index contributed by atoms with van der Waals surface area (Å²) in [5.74, 6) is 0.361. The SMILES string of the molecule is O=C(Cl)[C@H]1C[C@@H]1c1cccnc1. The highest BCUT2D eigenvalue weighted by Crippen LogP contribution is 2.48. The number of halogens is 1. The molecule has 0 N–H and O–H groups in total. The standard InChI is InChI=1S/C9H8ClNO/c10-9(12)8-4-7(8)6-2-1-3-11-5-6/h1-3,5,7-8H,4H2/t7-,8+/m1/s1. The van der Waals surface area contributed by atoms with Crippen LogP contribution in [0.2, 0.25) is 0 Å². The molecule has 0 amide bonds. The molecule has 3 heteroatoms. The maximum Gasteiger partial charge on any atom is 0.225 e. The molecular weight excluding hydrogens is 174 g/mol. The molecule has 0 unspecified atom stereocenters. The average Bonchev–Trinajstić information content (AvgIpc) is 2.84. The molecule has 1 heterocycles. The van der Waals surface area contributed by atoms with E-state index in [0.29, 0.717) is 5.92 Å². The van der Waals surface area contributed by atoms with Crippen LogP contribution in [0.15, 0.2) is 24.5 Å². The lowest BCUT2D eigenvalue weighted by Crippen LogP contribution is -1.91. The van der Waals surface area contributed by atoms with E-state index in [-0.39, 0.29) is 11.2 Å². The lowest BCUT2D eigenvalue weighted by molar-refractivity contribution is -0.112. The van der Waals surface area contributed by atoms with Gasteiger partial charge in [0.15, 0.2) is 0 Å². The van der Waals surface area contributed by atoms with Crippen molar-refractivity contribution >= 4 is 16.8 Å². The van der Waals surface area contributed by atoms with Crippen LogP contribution >= 0.6 is 11.6 Å². The number of nitrogens with zero attached hydrogens (tertiary/aromatic N) is 1. The first kappa shape index (κ1) is 7.74. The molecule has 0 saturated heterocycles. The van der Waals surface area contributed by atoms with Crippen molar-refractivity contribution in [2.24, 2.45) is 5.92 Å².